The van der Waals surface area contributed by atoms with Gasteiger partial charge in [-0.1, -0.05) is 6.07 Å². The van der Waals surface area contributed by atoms with E-state index in [1.165, 1.54) is 11.3 Å². The summed E-state index contributed by atoms with van der Waals surface area (Å²) in [6, 6.07) is 7.46. The first-order valence-electron chi connectivity index (χ1n) is 7.02. The number of nitrogens with zero attached hydrogens (tertiary/aromatic N) is 3. The molecule has 1 amide bonds. The Bertz CT molecular complexity index is 598. The largest absolute Gasteiger partial charge is 0.471 e. The molecule has 3 rings (SSSR count). The van der Waals surface area contributed by atoms with Crippen LogP contribution in [0.15, 0.2) is 29.6 Å². The van der Waals surface area contributed by atoms with Gasteiger partial charge in [-0.05, 0) is 37.3 Å². The molecule has 0 spiro atoms. The molecule has 1 atom stereocenters. The molecule has 0 radical (unpaired) electrons. The Balaban J connectivity index is 1.63. The molecule has 1 saturated heterocycles. The molecule has 0 aliphatic carbocycles. The fraction of sp³-hybridized carbons (Fsp3) is 0.400. The molecule has 0 saturated carbocycles. The van der Waals surface area contributed by atoms with Crippen LogP contribution in [0, 0.1) is 6.92 Å². The number of hydrogen-bond acceptors (Lipinski definition) is 5. The SMILES string of the molecule is Cc1ccc(O[C@H]2CCCN(C(=O)c3cccs3)C2)nn1. The van der Waals surface area contributed by atoms with Crippen LogP contribution in [0.5, 0.6) is 5.88 Å². The van der Waals surface area contributed by atoms with Crippen LogP contribution in [0.1, 0.15) is 28.2 Å². The lowest BCUT2D eigenvalue weighted by Gasteiger charge is -2.32. The van der Waals surface area contributed by atoms with Crippen molar-refractivity contribution in [3.05, 3.63) is 40.2 Å². The minimum absolute atomic E-state index is 0.0142. The average Bonchev–Trinajstić information content (AvgIpc) is 3.03. The average molecular weight is 303 g/mol. The Morgan fingerprint density at radius 1 is 1.38 bits per heavy atom. The van der Waals surface area contributed by atoms with Gasteiger partial charge < -0.3 is 9.64 Å². The Kier molecular flexibility index (Phi) is 4.15. The molecule has 0 N–H and O–H groups in total. The van der Waals surface area contributed by atoms with E-state index in [4.69, 9.17) is 4.74 Å². The van der Waals surface area contributed by atoms with Gasteiger partial charge in [0.2, 0.25) is 5.88 Å². The number of rotatable bonds is 3. The molecule has 1 aliphatic rings. The predicted octanol–water partition coefficient (Wildman–Crippen LogP) is 2.53. The second-order valence-corrected chi connectivity index (χ2v) is 6.07. The van der Waals surface area contributed by atoms with E-state index in [0.29, 0.717) is 12.4 Å². The van der Waals surface area contributed by atoms with Crippen LogP contribution in [-0.4, -0.2) is 40.2 Å². The monoisotopic (exact) mass is 303 g/mol. The molecule has 6 heteroatoms. The summed E-state index contributed by atoms with van der Waals surface area (Å²) in [5.41, 5.74) is 0.862. The Hall–Kier alpha value is -1.95. The van der Waals surface area contributed by atoms with Crippen molar-refractivity contribution in [2.75, 3.05) is 13.1 Å². The van der Waals surface area contributed by atoms with Gasteiger partial charge in [-0.3, -0.25) is 4.79 Å². The van der Waals surface area contributed by atoms with Crippen molar-refractivity contribution in [3.63, 3.8) is 0 Å². The predicted molar refractivity (Wildman–Crippen MR) is 80.6 cm³/mol. The van der Waals surface area contributed by atoms with Crippen molar-refractivity contribution in [2.24, 2.45) is 0 Å². The number of aryl methyl sites for hydroxylation is 1. The summed E-state index contributed by atoms with van der Waals surface area (Å²) < 4.78 is 5.84. The number of piperidine rings is 1. The molecule has 2 aromatic rings. The molecule has 1 fully saturated rings. The van der Waals surface area contributed by atoms with Crippen LogP contribution >= 0.6 is 11.3 Å². The highest BCUT2D eigenvalue weighted by molar-refractivity contribution is 7.12. The van der Waals surface area contributed by atoms with E-state index in [9.17, 15) is 4.79 Å². The number of ether oxygens (including phenoxy) is 1. The Labute approximate surface area is 127 Å². The van der Waals surface area contributed by atoms with Crippen molar-refractivity contribution in [1.82, 2.24) is 15.1 Å². The number of thiophene rings is 1. The van der Waals surface area contributed by atoms with E-state index < -0.39 is 0 Å². The van der Waals surface area contributed by atoms with Gasteiger partial charge in [-0.15, -0.1) is 16.4 Å². The quantitative estimate of drug-likeness (QED) is 0.874. The molecule has 0 bridgehead atoms. The minimum Gasteiger partial charge on any atom is -0.471 e. The van der Waals surface area contributed by atoms with Crippen LogP contribution in [0.2, 0.25) is 0 Å². The smallest absolute Gasteiger partial charge is 0.264 e. The molecule has 2 aromatic heterocycles. The van der Waals surface area contributed by atoms with Gasteiger partial charge in [-0.2, -0.15) is 5.10 Å². The van der Waals surface area contributed by atoms with E-state index in [1.807, 2.05) is 41.5 Å². The fourth-order valence-electron chi connectivity index (χ4n) is 2.40. The van der Waals surface area contributed by atoms with Gasteiger partial charge >= 0.3 is 0 Å². The number of hydrogen-bond donors (Lipinski definition) is 0. The lowest BCUT2D eigenvalue weighted by atomic mass is 10.1. The number of carbonyl (C=O) groups is 1. The molecular formula is C15H17N3O2S. The molecule has 110 valence electrons. The van der Waals surface area contributed by atoms with E-state index in [2.05, 4.69) is 10.2 Å². The van der Waals surface area contributed by atoms with Gasteiger partial charge in [-0.25, -0.2) is 0 Å². The molecule has 0 unspecified atom stereocenters. The maximum absolute atomic E-state index is 12.4. The van der Waals surface area contributed by atoms with Gasteiger partial charge in [0.25, 0.3) is 5.91 Å². The highest BCUT2D eigenvalue weighted by atomic mass is 32.1. The molecular weight excluding hydrogens is 286 g/mol. The summed E-state index contributed by atoms with van der Waals surface area (Å²) in [4.78, 5) is 15.0. The maximum atomic E-state index is 12.4. The van der Waals surface area contributed by atoms with Gasteiger partial charge in [0.05, 0.1) is 17.1 Å². The van der Waals surface area contributed by atoms with E-state index >= 15 is 0 Å². The van der Waals surface area contributed by atoms with Gasteiger partial charge in [0.15, 0.2) is 0 Å². The second kappa shape index (κ2) is 6.22. The third-order valence-electron chi connectivity index (χ3n) is 3.46. The van der Waals surface area contributed by atoms with Gasteiger partial charge in [0.1, 0.15) is 6.10 Å². The fourth-order valence-corrected chi connectivity index (χ4v) is 3.09. The lowest BCUT2D eigenvalue weighted by molar-refractivity contribution is 0.0530. The van der Waals surface area contributed by atoms with Crippen molar-refractivity contribution < 1.29 is 9.53 Å². The zero-order chi connectivity index (χ0) is 14.7. The van der Waals surface area contributed by atoms with Crippen molar-refractivity contribution in [2.45, 2.75) is 25.9 Å². The normalized spacial score (nSPS) is 18.5. The van der Waals surface area contributed by atoms with E-state index in [1.54, 1.807) is 0 Å². The standard InChI is InChI=1S/C15H17N3O2S/c1-11-6-7-14(17-16-11)20-12-4-2-8-18(10-12)15(19)13-5-3-9-21-13/h3,5-7,9,12H,2,4,8,10H2,1H3/t12-/m0/s1. The highest BCUT2D eigenvalue weighted by Crippen LogP contribution is 2.19. The summed E-state index contributed by atoms with van der Waals surface area (Å²) in [5.74, 6) is 0.615. The summed E-state index contributed by atoms with van der Waals surface area (Å²) in [7, 11) is 0. The molecule has 0 aromatic carbocycles. The zero-order valence-corrected chi connectivity index (χ0v) is 12.7. The Morgan fingerprint density at radius 3 is 3.00 bits per heavy atom. The number of aromatic nitrogens is 2. The van der Waals surface area contributed by atoms with Crippen LogP contribution in [0.25, 0.3) is 0 Å². The summed E-state index contributed by atoms with van der Waals surface area (Å²) in [6.07, 6.45) is 1.87. The maximum Gasteiger partial charge on any atom is 0.264 e. The number of carbonyl (C=O) groups excluding carboxylic acids is 1. The minimum atomic E-state index is -0.0142. The van der Waals surface area contributed by atoms with Gasteiger partial charge in [0, 0.05) is 12.6 Å². The van der Waals surface area contributed by atoms with Crippen molar-refractivity contribution >= 4 is 17.2 Å². The summed E-state index contributed by atoms with van der Waals surface area (Å²) in [6.45, 7) is 3.28. The highest BCUT2D eigenvalue weighted by Gasteiger charge is 2.26. The third kappa shape index (κ3) is 3.39. The first-order valence-corrected chi connectivity index (χ1v) is 7.90. The van der Waals surface area contributed by atoms with E-state index in [0.717, 1.165) is 30.0 Å². The number of amides is 1. The first kappa shape index (κ1) is 14.0. The zero-order valence-electron chi connectivity index (χ0n) is 11.9. The molecule has 3 heterocycles. The third-order valence-corrected chi connectivity index (χ3v) is 4.32. The first-order chi connectivity index (χ1) is 10.2. The van der Waals surface area contributed by atoms with Crippen LogP contribution in [-0.2, 0) is 0 Å². The number of likely N-dealkylation sites (tertiary alicyclic amines) is 1. The van der Waals surface area contributed by atoms with Crippen LogP contribution < -0.4 is 4.74 Å². The van der Waals surface area contributed by atoms with Crippen LogP contribution in [0.3, 0.4) is 0 Å². The molecule has 5 nitrogen and oxygen atoms in total. The second-order valence-electron chi connectivity index (χ2n) is 5.12. The van der Waals surface area contributed by atoms with Crippen molar-refractivity contribution in [1.29, 1.82) is 0 Å². The lowest BCUT2D eigenvalue weighted by Crippen LogP contribution is -2.44. The van der Waals surface area contributed by atoms with Crippen LogP contribution in [0.4, 0.5) is 0 Å². The summed E-state index contributed by atoms with van der Waals surface area (Å²) in [5, 5.41) is 9.93. The van der Waals surface area contributed by atoms with Crippen molar-refractivity contribution in [3.8, 4) is 5.88 Å². The topological polar surface area (TPSA) is 55.3 Å². The van der Waals surface area contributed by atoms with E-state index in [-0.39, 0.29) is 12.0 Å². The molecule has 21 heavy (non-hydrogen) atoms. The Morgan fingerprint density at radius 2 is 2.29 bits per heavy atom. The summed E-state index contributed by atoms with van der Waals surface area (Å²) >= 11 is 1.48. The molecule has 1 aliphatic heterocycles.